The highest BCUT2D eigenvalue weighted by atomic mass is 16.5. The second kappa shape index (κ2) is 7.88. The molecular formula is C21H25NO3. The molecule has 4 nitrogen and oxygen atoms in total. The van der Waals surface area contributed by atoms with Gasteiger partial charge in [-0.05, 0) is 34.8 Å². The highest BCUT2D eigenvalue weighted by Crippen LogP contribution is 2.29. The molecule has 0 bridgehead atoms. The van der Waals surface area contributed by atoms with Crippen molar-refractivity contribution < 1.29 is 14.3 Å². The Hall–Kier alpha value is -2.75. The van der Waals surface area contributed by atoms with Gasteiger partial charge in [0.1, 0.15) is 11.5 Å². The van der Waals surface area contributed by atoms with E-state index in [1.807, 2.05) is 12.1 Å². The minimum absolute atomic E-state index is 0.116. The number of hydrogen-bond acceptors (Lipinski definition) is 3. The molecule has 1 amide bonds. The molecule has 0 spiro atoms. The number of rotatable bonds is 5. The first-order valence-corrected chi connectivity index (χ1v) is 8.15. The van der Waals surface area contributed by atoms with E-state index < -0.39 is 0 Å². The lowest BCUT2D eigenvalue weighted by Gasteiger charge is -2.18. The summed E-state index contributed by atoms with van der Waals surface area (Å²) >= 11 is 0. The molecule has 4 heteroatoms. The lowest BCUT2D eigenvalue weighted by Crippen LogP contribution is -2.10. The predicted molar refractivity (Wildman–Crippen MR) is 102 cm³/mol. The molecule has 2 aromatic rings. The van der Waals surface area contributed by atoms with Gasteiger partial charge in [0.15, 0.2) is 0 Å². The van der Waals surface area contributed by atoms with Crippen molar-refractivity contribution in [2.45, 2.75) is 26.2 Å². The zero-order valence-corrected chi connectivity index (χ0v) is 15.4. The largest absolute Gasteiger partial charge is 0.497 e. The van der Waals surface area contributed by atoms with Crippen molar-refractivity contribution in [1.29, 1.82) is 0 Å². The minimum atomic E-state index is -0.219. The number of benzene rings is 2. The van der Waals surface area contributed by atoms with Crippen LogP contribution in [-0.4, -0.2) is 20.1 Å². The first-order chi connectivity index (χ1) is 11.8. The van der Waals surface area contributed by atoms with Crippen LogP contribution in [0.1, 0.15) is 31.9 Å². The van der Waals surface area contributed by atoms with Gasteiger partial charge in [0.2, 0.25) is 5.91 Å². The fourth-order valence-electron chi connectivity index (χ4n) is 2.34. The topological polar surface area (TPSA) is 47.6 Å². The van der Waals surface area contributed by atoms with Gasteiger partial charge < -0.3 is 14.8 Å². The monoisotopic (exact) mass is 339 g/mol. The van der Waals surface area contributed by atoms with Crippen LogP contribution in [0, 0.1) is 0 Å². The maximum absolute atomic E-state index is 12.1. The van der Waals surface area contributed by atoms with Crippen molar-refractivity contribution in [2.24, 2.45) is 0 Å². The quantitative estimate of drug-likeness (QED) is 0.806. The third-order valence-corrected chi connectivity index (χ3v) is 3.87. The van der Waals surface area contributed by atoms with Gasteiger partial charge >= 0.3 is 0 Å². The normalized spacial score (nSPS) is 11.4. The summed E-state index contributed by atoms with van der Waals surface area (Å²) < 4.78 is 10.4. The van der Waals surface area contributed by atoms with Crippen LogP contribution in [0.5, 0.6) is 11.5 Å². The van der Waals surface area contributed by atoms with Crippen LogP contribution in [0.4, 0.5) is 5.69 Å². The predicted octanol–water partition coefficient (Wildman–Crippen LogP) is 4.65. The van der Waals surface area contributed by atoms with Crippen LogP contribution in [0.3, 0.4) is 0 Å². The molecule has 0 radical (unpaired) electrons. The Morgan fingerprint density at radius 3 is 2.24 bits per heavy atom. The average molecular weight is 339 g/mol. The van der Waals surface area contributed by atoms with E-state index in [0.717, 1.165) is 5.56 Å². The summed E-state index contributed by atoms with van der Waals surface area (Å²) in [6.45, 7) is 6.52. The van der Waals surface area contributed by atoms with E-state index in [1.54, 1.807) is 38.5 Å². The Morgan fingerprint density at radius 1 is 1.00 bits per heavy atom. The number of carbonyl (C=O) groups excluding carboxylic acids is 1. The number of amides is 1. The van der Waals surface area contributed by atoms with E-state index in [0.29, 0.717) is 17.2 Å². The molecule has 0 aromatic heterocycles. The van der Waals surface area contributed by atoms with E-state index in [9.17, 15) is 4.79 Å². The van der Waals surface area contributed by atoms with Gasteiger partial charge in [0.05, 0.1) is 19.9 Å². The molecule has 2 rings (SSSR count). The number of anilines is 1. The Balaban J connectivity index is 2.06. The zero-order chi connectivity index (χ0) is 18.4. The van der Waals surface area contributed by atoms with E-state index in [4.69, 9.17) is 9.47 Å². The van der Waals surface area contributed by atoms with Gasteiger partial charge in [-0.2, -0.15) is 0 Å². The number of methoxy groups -OCH3 is 2. The van der Waals surface area contributed by atoms with Crippen molar-refractivity contribution in [3.63, 3.8) is 0 Å². The molecule has 1 N–H and O–H groups in total. The van der Waals surface area contributed by atoms with Crippen molar-refractivity contribution in [2.75, 3.05) is 19.5 Å². The molecule has 0 aliphatic heterocycles. The highest BCUT2D eigenvalue weighted by Gasteiger charge is 2.12. The van der Waals surface area contributed by atoms with Crippen LogP contribution < -0.4 is 14.8 Å². The van der Waals surface area contributed by atoms with Crippen molar-refractivity contribution >= 4 is 17.7 Å². The SMILES string of the molecule is COc1ccc(NC(=O)/C=C\c2ccc(C(C)(C)C)cc2)c(OC)c1. The lowest BCUT2D eigenvalue weighted by atomic mass is 9.87. The van der Waals surface area contributed by atoms with Gasteiger partial charge in [-0.1, -0.05) is 45.0 Å². The molecule has 0 fully saturated rings. The van der Waals surface area contributed by atoms with E-state index >= 15 is 0 Å². The van der Waals surface area contributed by atoms with Crippen molar-refractivity contribution in [1.82, 2.24) is 0 Å². The van der Waals surface area contributed by atoms with Gasteiger partial charge in [-0.15, -0.1) is 0 Å². The molecule has 25 heavy (non-hydrogen) atoms. The minimum Gasteiger partial charge on any atom is -0.497 e. The number of carbonyl (C=O) groups is 1. The maximum Gasteiger partial charge on any atom is 0.248 e. The second-order valence-electron chi connectivity index (χ2n) is 6.76. The van der Waals surface area contributed by atoms with Crippen LogP contribution >= 0.6 is 0 Å². The van der Waals surface area contributed by atoms with Crippen molar-refractivity contribution in [3.05, 3.63) is 59.7 Å². The third kappa shape index (κ3) is 5.11. The molecule has 2 aromatic carbocycles. The molecule has 0 saturated heterocycles. The molecule has 0 heterocycles. The van der Waals surface area contributed by atoms with E-state index in [2.05, 4.69) is 38.2 Å². The van der Waals surface area contributed by atoms with Gasteiger partial charge in [0.25, 0.3) is 0 Å². The highest BCUT2D eigenvalue weighted by molar-refractivity contribution is 6.02. The Labute approximate surface area is 149 Å². The summed E-state index contributed by atoms with van der Waals surface area (Å²) in [5.41, 5.74) is 2.95. The van der Waals surface area contributed by atoms with E-state index in [1.165, 1.54) is 11.6 Å². The molecular weight excluding hydrogens is 314 g/mol. The zero-order valence-electron chi connectivity index (χ0n) is 15.4. The van der Waals surface area contributed by atoms with Gasteiger partial charge in [-0.25, -0.2) is 0 Å². The summed E-state index contributed by atoms with van der Waals surface area (Å²) in [7, 11) is 3.14. The fourth-order valence-corrected chi connectivity index (χ4v) is 2.34. The first kappa shape index (κ1) is 18.6. The fraction of sp³-hybridized carbons (Fsp3) is 0.286. The van der Waals surface area contributed by atoms with Crippen LogP contribution in [-0.2, 0) is 10.2 Å². The summed E-state index contributed by atoms with van der Waals surface area (Å²) in [6, 6.07) is 13.4. The third-order valence-electron chi connectivity index (χ3n) is 3.87. The van der Waals surface area contributed by atoms with Crippen molar-refractivity contribution in [3.8, 4) is 11.5 Å². The summed E-state index contributed by atoms with van der Waals surface area (Å²) in [4.78, 5) is 12.1. The Bertz CT molecular complexity index is 756. The van der Waals surface area contributed by atoms with Gasteiger partial charge in [-0.3, -0.25) is 4.79 Å². The number of nitrogens with one attached hydrogen (secondary N) is 1. The van der Waals surface area contributed by atoms with Crippen LogP contribution in [0.2, 0.25) is 0 Å². The average Bonchev–Trinajstić information content (AvgIpc) is 2.60. The molecule has 0 unspecified atom stereocenters. The smallest absolute Gasteiger partial charge is 0.248 e. The lowest BCUT2D eigenvalue weighted by molar-refractivity contribution is -0.111. The van der Waals surface area contributed by atoms with Crippen LogP contribution in [0.25, 0.3) is 6.08 Å². The molecule has 0 atom stereocenters. The maximum atomic E-state index is 12.1. The summed E-state index contributed by atoms with van der Waals surface area (Å²) in [5, 5.41) is 2.81. The van der Waals surface area contributed by atoms with E-state index in [-0.39, 0.29) is 11.3 Å². The summed E-state index contributed by atoms with van der Waals surface area (Å²) in [5.74, 6) is 1.00. The molecule has 0 aliphatic rings. The Morgan fingerprint density at radius 2 is 1.68 bits per heavy atom. The molecule has 0 saturated carbocycles. The second-order valence-corrected chi connectivity index (χ2v) is 6.76. The Kier molecular flexibility index (Phi) is 5.86. The number of hydrogen-bond donors (Lipinski definition) is 1. The standard InChI is InChI=1S/C21H25NO3/c1-21(2,3)16-9-6-15(7-10-16)8-13-20(23)22-18-12-11-17(24-4)14-19(18)25-5/h6-14H,1-5H3,(H,22,23)/b13-8-. The van der Waals surface area contributed by atoms with Gasteiger partial charge in [0, 0.05) is 12.1 Å². The molecule has 132 valence electrons. The van der Waals surface area contributed by atoms with Crippen LogP contribution in [0.15, 0.2) is 48.5 Å². The summed E-state index contributed by atoms with van der Waals surface area (Å²) in [6.07, 6.45) is 3.30. The molecule has 0 aliphatic carbocycles. The first-order valence-electron chi connectivity index (χ1n) is 8.15. The number of ether oxygens (including phenoxy) is 2.